The number of carbonyl (C=O) groups is 1. The third-order valence-electron chi connectivity index (χ3n) is 3.99. The number of likely N-dealkylation sites (tertiary alicyclic amines) is 1. The highest BCUT2D eigenvalue weighted by Gasteiger charge is 2.48. The predicted octanol–water partition coefficient (Wildman–Crippen LogP) is 1.10. The van der Waals surface area contributed by atoms with E-state index in [2.05, 4.69) is 10.3 Å². The smallest absolute Gasteiger partial charge is 0.326 e. The zero-order chi connectivity index (χ0) is 15.7. The van der Waals surface area contributed by atoms with Crippen LogP contribution >= 0.6 is 0 Å². The normalized spacial score (nSPS) is 23.6. The third-order valence-corrected chi connectivity index (χ3v) is 3.99. The van der Waals surface area contributed by atoms with Crippen LogP contribution in [-0.4, -0.2) is 56.8 Å². The summed E-state index contributed by atoms with van der Waals surface area (Å²) in [6.45, 7) is 7.55. The Morgan fingerprint density at radius 2 is 2.24 bits per heavy atom. The number of aliphatic carboxylic acids is 1. The number of hydrogen-bond donors (Lipinski definition) is 1. The first-order chi connectivity index (χ1) is 9.79. The van der Waals surface area contributed by atoms with Gasteiger partial charge in [-0.2, -0.15) is 0 Å². The molecular formula is C14H24N4O3. The van der Waals surface area contributed by atoms with Gasteiger partial charge in [0.05, 0.1) is 24.0 Å². The molecule has 1 unspecified atom stereocenters. The zero-order valence-electron chi connectivity index (χ0n) is 13.2. The Hall–Kier alpha value is -1.47. The highest BCUT2D eigenvalue weighted by atomic mass is 16.5. The number of ether oxygens (including phenoxy) is 1. The number of carboxylic acid groups (broad SMARTS) is 1. The molecule has 1 N–H and O–H groups in total. The quantitative estimate of drug-likeness (QED) is 0.876. The number of rotatable bonds is 5. The molecule has 0 aliphatic carbocycles. The first-order valence-corrected chi connectivity index (χ1v) is 7.19. The molecule has 118 valence electrons. The molecule has 1 aliphatic rings. The SMILES string of the molecule is COCC1(C(=O)O)CCCN1Cc1cn(C(C)(C)C)nn1. The topological polar surface area (TPSA) is 80.5 Å². The van der Waals surface area contributed by atoms with Crippen LogP contribution in [0, 0.1) is 0 Å². The van der Waals surface area contributed by atoms with Crippen molar-refractivity contribution in [3.05, 3.63) is 11.9 Å². The Morgan fingerprint density at radius 1 is 1.52 bits per heavy atom. The van der Waals surface area contributed by atoms with Crippen molar-refractivity contribution in [3.63, 3.8) is 0 Å². The summed E-state index contributed by atoms with van der Waals surface area (Å²) in [6.07, 6.45) is 3.34. The summed E-state index contributed by atoms with van der Waals surface area (Å²) in [5.74, 6) is -0.829. The Labute approximate surface area is 124 Å². The van der Waals surface area contributed by atoms with Crippen LogP contribution < -0.4 is 0 Å². The first-order valence-electron chi connectivity index (χ1n) is 7.19. The van der Waals surface area contributed by atoms with Gasteiger partial charge in [-0.3, -0.25) is 9.69 Å². The van der Waals surface area contributed by atoms with Crippen LogP contribution in [0.5, 0.6) is 0 Å². The highest BCUT2D eigenvalue weighted by molar-refractivity contribution is 5.79. The van der Waals surface area contributed by atoms with Crippen molar-refractivity contribution >= 4 is 5.97 Å². The van der Waals surface area contributed by atoms with Crippen LogP contribution in [0.4, 0.5) is 0 Å². The molecule has 0 spiro atoms. The molecule has 1 saturated heterocycles. The Morgan fingerprint density at radius 3 is 2.76 bits per heavy atom. The van der Waals surface area contributed by atoms with Crippen LogP contribution in [0.2, 0.25) is 0 Å². The molecule has 1 aromatic rings. The minimum absolute atomic E-state index is 0.132. The molecular weight excluding hydrogens is 272 g/mol. The molecule has 1 aliphatic heterocycles. The first kappa shape index (κ1) is 15.9. The molecule has 1 fully saturated rings. The summed E-state index contributed by atoms with van der Waals surface area (Å²) in [5, 5.41) is 17.9. The van der Waals surface area contributed by atoms with Crippen molar-refractivity contribution in [1.82, 2.24) is 19.9 Å². The molecule has 2 heterocycles. The Bertz CT molecular complexity index is 509. The van der Waals surface area contributed by atoms with Gasteiger partial charge in [0, 0.05) is 13.7 Å². The van der Waals surface area contributed by atoms with E-state index in [-0.39, 0.29) is 12.1 Å². The number of carboxylic acids is 1. The third kappa shape index (κ3) is 3.08. The largest absolute Gasteiger partial charge is 0.480 e. The van der Waals surface area contributed by atoms with Gasteiger partial charge in [0.15, 0.2) is 0 Å². The number of hydrogen-bond acceptors (Lipinski definition) is 5. The minimum atomic E-state index is -0.944. The second-order valence-corrected chi connectivity index (χ2v) is 6.62. The van der Waals surface area contributed by atoms with Crippen LogP contribution in [-0.2, 0) is 21.6 Å². The van der Waals surface area contributed by atoms with Crippen molar-refractivity contribution < 1.29 is 14.6 Å². The lowest BCUT2D eigenvalue weighted by Crippen LogP contribution is -2.53. The van der Waals surface area contributed by atoms with Crippen LogP contribution in [0.15, 0.2) is 6.20 Å². The summed E-state index contributed by atoms with van der Waals surface area (Å²) in [5.41, 5.74) is -0.291. The molecule has 0 bridgehead atoms. The molecule has 1 aromatic heterocycles. The summed E-state index contributed by atoms with van der Waals surface area (Å²) in [7, 11) is 1.54. The van der Waals surface area contributed by atoms with Gasteiger partial charge < -0.3 is 9.84 Å². The van der Waals surface area contributed by atoms with E-state index in [0.717, 1.165) is 18.7 Å². The van der Waals surface area contributed by atoms with E-state index >= 15 is 0 Å². The predicted molar refractivity (Wildman–Crippen MR) is 76.9 cm³/mol. The van der Waals surface area contributed by atoms with E-state index in [4.69, 9.17) is 4.74 Å². The van der Waals surface area contributed by atoms with E-state index in [9.17, 15) is 9.90 Å². The number of aromatic nitrogens is 3. The fraction of sp³-hybridized carbons (Fsp3) is 0.786. The van der Waals surface area contributed by atoms with Crippen molar-refractivity contribution in [2.24, 2.45) is 0 Å². The monoisotopic (exact) mass is 296 g/mol. The van der Waals surface area contributed by atoms with Gasteiger partial charge in [-0.05, 0) is 40.2 Å². The molecule has 0 aromatic carbocycles. The van der Waals surface area contributed by atoms with Crippen LogP contribution in [0.1, 0.15) is 39.3 Å². The second-order valence-electron chi connectivity index (χ2n) is 6.62. The van der Waals surface area contributed by atoms with Crippen molar-refractivity contribution in [2.75, 3.05) is 20.3 Å². The van der Waals surface area contributed by atoms with Gasteiger partial charge in [0.2, 0.25) is 0 Å². The van der Waals surface area contributed by atoms with Gasteiger partial charge in [-0.15, -0.1) is 5.10 Å². The van der Waals surface area contributed by atoms with Crippen LogP contribution in [0.3, 0.4) is 0 Å². The molecule has 7 nitrogen and oxygen atoms in total. The maximum Gasteiger partial charge on any atom is 0.326 e. The van der Waals surface area contributed by atoms with Gasteiger partial charge in [0.25, 0.3) is 0 Å². The van der Waals surface area contributed by atoms with Crippen molar-refractivity contribution in [2.45, 2.75) is 51.2 Å². The molecule has 0 saturated carbocycles. The molecule has 0 amide bonds. The average molecular weight is 296 g/mol. The van der Waals surface area contributed by atoms with E-state index < -0.39 is 11.5 Å². The number of nitrogens with zero attached hydrogens (tertiary/aromatic N) is 4. The van der Waals surface area contributed by atoms with Gasteiger partial charge >= 0.3 is 5.97 Å². The van der Waals surface area contributed by atoms with Crippen molar-refractivity contribution in [3.8, 4) is 0 Å². The summed E-state index contributed by atoms with van der Waals surface area (Å²) < 4.78 is 6.96. The Balaban J connectivity index is 2.17. The molecule has 1 atom stereocenters. The molecule has 0 radical (unpaired) electrons. The van der Waals surface area contributed by atoms with E-state index in [1.165, 1.54) is 7.11 Å². The lowest BCUT2D eigenvalue weighted by Gasteiger charge is -2.33. The van der Waals surface area contributed by atoms with Gasteiger partial charge in [-0.1, -0.05) is 5.21 Å². The van der Waals surface area contributed by atoms with Crippen LogP contribution in [0.25, 0.3) is 0 Å². The molecule has 7 heteroatoms. The highest BCUT2D eigenvalue weighted by Crippen LogP contribution is 2.31. The standard InChI is InChI=1S/C14H24N4O3/c1-13(2,3)18-9-11(15-16-18)8-17-7-5-6-14(17,10-21-4)12(19)20/h9H,5-8,10H2,1-4H3,(H,19,20). The zero-order valence-corrected chi connectivity index (χ0v) is 13.2. The second kappa shape index (κ2) is 5.73. The lowest BCUT2D eigenvalue weighted by molar-refractivity contribution is -0.153. The van der Waals surface area contributed by atoms with Gasteiger partial charge in [-0.25, -0.2) is 4.68 Å². The summed E-state index contributed by atoms with van der Waals surface area (Å²) in [4.78, 5) is 13.7. The summed E-state index contributed by atoms with van der Waals surface area (Å²) >= 11 is 0. The van der Waals surface area contributed by atoms with E-state index in [1.54, 1.807) is 4.68 Å². The van der Waals surface area contributed by atoms with E-state index in [1.807, 2.05) is 31.9 Å². The average Bonchev–Trinajstić information content (AvgIpc) is 2.98. The molecule has 21 heavy (non-hydrogen) atoms. The van der Waals surface area contributed by atoms with E-state index in [0.29, 0.717) is 13.0 Å². The maximum absolute atomic E-state index is 11.7. The minimum Gasteiger partial charge on any atom is -0.480 e. The Kier molecular flexibility index (Phi) is 4.34. The van der Waals surface area contributed by atoms with Gasteiger partial charge in [0.1, 0.15) is 5.54 Å². The summed E-state index contributed by atoms with van der Waals surface area (Å²) in [6, 6.07) is 0. The maximum atomic E-state index is 11.7. The van der Waals surface area contributed by atoms with Crippen molar-refractivity contribution in [1.29, 1.82) is 0 Å². The number of methoxy groups -OCH3 is 1. The lowest BCUT2D eigenvalue weighted by atomic mass is 9.97. The fourth-order valence-corrected chi connectivity index (χ4v) is 2.77. The molecule has 2 rings (SSSR count). The fourth-order valence-electron chi connectivity index (χ4n) is 2.77.